The normalized spacial score (nSPS) is 15.0. The maximum Gasteiger partial charge on any atom is 0.260 e. The summed E-state index contributed by atoms with van der Waals surface area (Å²) >= 11 is 1.67. The van der Waals surface area contributed by atoms with Crippen LogP contribution in [-0.4, -0.2) is 47.4 Å². The van der Waals surface area contributed by atoms with Crippen molar-refractivity contribution < 1.29 is 9.53 Å². The van der Waals surface area contributed by atoms with Gasteiger partial charge in [0.1, 0.15) is 10.8 Å². The van der Waals surface area contributed by atoms with Crippen LogP contribution >= 0.6 is 11.3 Å². The Bertz CT molecular complexity index is 1000. The minimum atomic E-state index is 0.0762. The third-order valence-electron chi connectivity index (χ3n) is 6.12. The van der Waals surface area contributed by atoms with Gasteiger partial charge in [0, 0.05) is 36.8 Å². The van der Waals surface area contributed by atoms with Gasteiger partial charge >= 0.3 is 0 Å². The molecular weight excluding hydrogens is 418 g/mol. The second kappa shape index (κ2) is 10.7. The zero-order valence-electron chi connectivity index (χ0n) is 18.9. The standard InChI is InChI=1S/C26H31N3O2S/c1-20(26-27-13-16-32-26)28(2)18-23-17-22(21-9-5-3-6-10-21)11-12-24(23)31-19-25(30)29-14-7-4-8-15-29/h3,5-6,9-13,16-17,20H,4,7-8,14-15,18-19H2,1-2H3/t20-/m0/s1. The topological polar surface area (TPSA) is 45.7 Å². The van der Waals surface area contributed by atoms with E-state index in [1.54, 1.807) is 11.3 Å². The molecule has 5 nitrogen and oxygen atoms in total. The molecule has 1 aromatic heterocycles. The van der Waals surface area contributed by atoms with Crippen molar-refractivity contribution in [2.75, 3.05) is 26.7 Å². The number of amides is 1. The lowest BCUT2D eigenvalue weighted by atomic mass is 10.0. The van der Waals surface area contributed by atoms with E-state index < -0.39 is 0 Å². The number of hydrogen-bond acceptors (Lipinski definition) is 5. The molecule has 0 radical (unpaired) electrons. The van der Waals surface area contributed by atoms with Crippen molar-refractivity contribution in [3.8, 4) is 16.9 Å². The smallest absolute Gasteiger partial charge is 0.260 e. The maximum absolute atomic E-state index is 12.6. The summed E-state index contributed by atoms with van der Waals surface area (Å²) in [7, 11) is 2.10. The van der Waals surface area contributed by atoms with Crippen molar-refractivity contribution in [3.05, 3.63) is 70.7 Å². The van der Waals surface area contributed by atoms with Crippen LogP contribution in [0.25, 0.3) is 11.1 Å². The fourth-order valence-electron chi connectivity index (χ4n) is 4.06. The second-order valence-corrected chi connectivity index (χ2v) is 9.31. The monoisotopic (exact) mass is 449 g/mol. The average Bonchev–Trinajstić information content (AvgIpc) is 3.38. The summed E-state index contributed by atoms with van der Waals surface area (Å²) in [4.78, 5) is 21.3. The number of benzene rings is 2. The second-order valence-electron chi connectivity index (χ2n) is 8.38. The molecule has 1 aliphatic rings. The predicted molar refractivity (Wildman–Crippen MR) is 130 cm³/mol. The Balaban J connectivity index is 1.53. The first-order valence-electron chi connectivity index (χ1n) is 11.3. The quantitative estimate of drug-likeness (QED) is 0.462. The van der Waals surface area contributed by atoms with Crippen LogP contribution in [0.5, 0.6) is 5.75 Å². The summed E-state index contributed by atoms with van der Waals surface area (Å²) in [6.07, 6.45) is 5.23. The van der Waals surface area contributed by atoms with E-state index in [9.17, 15) is 4.79 Å². The van der Waals surface area contributed by atoms with E-state index in [1.807, 2.05) is 40.7 Å². The van der Waals surface area contributed by atoms with Crippen LogP contribution in [0.3, 0.4) is 0 Å². The van der Waals surface area contributed by atoms with Gasteiger partial charge in [-0.1, -0.05) is 36.4 Å². The molecule has 1 fully saturated rings. The van der Waals surface area contributed by atoms with Gasteiger partial charge in [0.25, 0.3) is 5.91 Å². The van der Waals surface area contributed by atoms with Gasteiger partial charge < -0.3 is 9.64 Å². The van der Waals surface area contributed by atoms with Crippen LogP contribution in [0.1, 0.15) is 42.8 Å². The molecular formula is C26H31N3O2S. The van der Waals surface area contributed by atoms with E-state index in [1.165, 1.54) is 12.0 Å². The Kier molecular flexibility index (Phi) is 7.55. The van der Waals surface area contributed by atoms with Crippen molar-refractivity contribution in [1.82, 2.24) is 14.8 Å². The van der Waals surface area contributed by atoms with Crippen LogP contribution in [0, 0.1) is 0 Å². The Hall–Kier alpha value is -2.70. The summed E-state index contributed by atoms with van der Waals surface area (Å²) in [5, 5.41) is 3.10. The number of aromatic nitrogens is 1. The number of rotatable bonds is 8. The largest absolute Gasteiger partial charge is 0.483 e. The third kappa shape index (κ3) is 5.56. The molecule has 6 heteroatoms. The van der Waals surface area contributed by atoms with E-state index in [2.05, 4.69) is 48.1 Å². The Morgan fingerprint density at radius 1 is 1.12 bits per heavy atom. The minimum Gasteiger partial charge on any atom is -0.483 e. The highest BCUT2D eigenvalue weighted by Gasteiger charge is 2.20. The van der Waals surface area contributed by atoms with Gasteiger partial charge in [0.15, 0.2) is 6.61 Å². The zero-order chi connectivity index (χ0) is 22.3. The maximum atomic E-state index is 12.6. The lowest BCUT2D eigenvalue weighted by molar-refractivity contribution is -0.134. The van der Waals surface area contributed by atoms with Gasteiger partial charge in [-0.3, -0.25) is 9.69 Å². The first kappa shape index (κ1) is 22.5. The number of nitrogens with zero attached hydrogens (tertiary/aromatic N) is 3. The van der Waals surface area contributed by atoms with E-state index in [4.69, 9.17) is 4.74 Å². The number of thiazole rings is 1. The molecule has 4 rings (SSSR count). The van der Waals surface area contributed by atoms with Crippen LogP contribution in [-0.2, 0) is 11.3 Å². The highest BCUT2D eigenvalue weighted by Crippen LogP contribution is 2.30. The van der Waals surface area contributed by atoms with Crippen LogP contribution < -0.4 is 4.74 Å². The highest BCUT2D eigenvalue weighted by molar-refractivity contribution is 7.09. The molecule has 2 aromatic carbocycles. The van der Waals surface area contributed by atoms with Crippen molar-refractivity contribution in [2.24, 2.45) is 0 Å². The van der Waals surface area contributed by atoms with Crippen LogP contribution in [0.4, 0.5) is 0 Å². The number of likely N-dealkylation sites (tertiary alicyclic amines) is 1. The molecule has 1 atom stereocenters. The summed E-state index contributed by atoms with van der Waals surface area (Å²) in [6.45, 7) is 4.64. The van der Waals surface area contributed by atoms with Crippen molar-refractivity contribution in [3.63, 3.8) is 0 Å². The van der Waals surface area contributed by atoms with Gasteiger partial charge in [0.05, 0.1) is 6.04 Å². The number of ether oxygens (including phenoxy) is 1. The summed E-state index contributed by atoms with van der Waals surface area (Å²) < 4.78 is 6.08. The van der Waals surface area contributed by atoms with Gasteiger partial charge in [-0.2, -0.15) is 0 Å². The molecule has 3 aromatic rings. The average molecular weight is 450 g/mol. The molecule has 1 saturated heterocycles. The van der Waals surface area contributed by atoms with E-state index in [0.717, 1.165) is 47.8 Å². The molecule has 0 unspecified atom stereocenters. The molecule has 1 amide bonds. The highest BCUT2D eigenvalue weighted by atomic mass is 32.1. The predicted octanol–water partition coefficient (Wildman–Crippen LogP) is 5.39. The molecule has 0 aliphatic carbocycles. The Morgan fingerprint density at radius 3 is 2.62 bits per heavy atom. The van der Waals surface area contributed by atoms with Crippen molar-refractivity contribution in [2.45, 2.75) is 38.8 Å². The van der Waals surface area contributed by atoms with Gasteiger partial charge in [-0.15, -0.1) is 11.3 Å². The summed E-state index contributed by atoms with van der Waals surface area (Å²) in [5.74, 6) is 0.848. The van der Waals surface area contributed by atoms with Gasteiger partial charge in [-0.25, -0.2) is 4.98 Å². The van der Waals surface area contributed by atoms with Crippen molar-refractivity contribution in [1.29, 1.82) is 0 Å². The molecule has 0 bridgehead atoms. The lowest BCUT2D eigenvalue weighted by Gasteiger charge is -2.27. The fraction of sp³-hybridized carbons (Fsp3) is 0.385. The third-order valence-corrected chi connectivity index (χ3v) is 7.06. The number of carbonyl (C=O) groups excluding carboxylic acids is 1. The van der Waals surface area contributed by atoms with Gasteiger partial charge in [0.2, 0.25) is 0 Å². The summed E-state index contributed by atoms with van der Waals surface area (Å²) in [6, 6.07) is 16.8. The molecule has 0 spiro atoms. The Morgan fingerprint density at radius 2 is 1.91 bits per heavy atom. The minimum absolute atomic E-state index is 0.0762. The van der Waals surface area contributed by atoms with Crippen molar-refractivity contribution >= 4 is 17.2 Å². The summed E-state index contributed by atoms with van der Waals surface area (Å²) in [5.41, 5.74) is 3.38. The molecule has 0 saturated carbocycles. The number of piperidine rings is 1. The van der Waals surface area contributed by atoms with E-state index in [-0.39, 0.29) is 18.6 Å². The SMILES string of the molecule is C[C@@H](c1nccs1)N(C)Cc1cc(-c2ccccc2)ccc1OCC(=O)N1CCCCC1. The molecule has 1 aliphatic heterocycles. The first-order chi connectivity index (χ1) is 15.6. The van der Waals surface area contributed by atoms with Crippen LogP contribution in [0.2, 0.25) is 0 Å². The van der Waals surface area contributed by atoms with Crippen LogP contribution in [0.15, 0.2) is 60.1 Å². The molecule has 168 valence electrons. The fourth-order valence-corrected chi connectivity index (χ4v) is 4.82. The van der Waals surface area contributed by atoms with E-state index >= 15 is 0 Å². The number of carbonyl (C=O) groups is 1. The number of hydrogen-bond donors (Lipinski definition) is 0. The Labute approximate surface area is 194 Å². The lowest BCUT2D eigenvalue weighted by Crippen LogP contribution is -2.38. The van der Waals surface area contributed by atoms with Gasteiger partial charge in [-0.05, 0) is 56.5 Å². The van der Waals surface area contributed by atoms with E-state index in [0.29, 0.717) is 6.54 Å². The molecule has 32 heavy (non-hydrogen) atoms. The molecule has 2 heterocycles. The zero-order valence-corrected chi connectivity index (χ0v) is 19.7. The first-order valence-corrected chi connectivity index (χ1v) is 12.2. The molecule has 0 N–H and O–H groups in total.